The fourth-order valence-electron chi connectivity index (χ4n) is 2.37. The molecule has 1 saturated heterocycles. The molecule has 0 aromatic heterocycles. The maximum atomic E-state index is 13.0. The van der Waals surface area contributed by atoms with E-state index in [4.69, 9.17) is 4.74 Å². The second-order valence-corrected chi connectivity index (χ2v) is 6.10. The molecular formula is C16H24ClFN2O2. The number of nitrogens with one attached hydrogen (secondary N) is 2. The van der Waals surface area contributed by atoms with E-state index >= 15 is 0 Å². The zero-order valence-corrected chi connectivity index (χ0v) is 13.8. The molecule has 1 aliphatic heterocycles. The van der Waals surface area contributed by atoms with Crippen molar-refractivity contribution in [1.82, 2.24) is 10.6 Å². The minimum absolute atomic E-state index is 0. The fraction of sp³-hybridized carbons (Fsp3) is 0.562. The lowest BCUT2D eigenvalue weighted by molar-refractivity contribution is -0.122. The van der Waals surface area contributed by atoms with Gasteiger partial charge in [0.15, 0.2) is 0 Å². The summed E-state index contributed by atoms with van der Waals surface area (Å²) in [5.74, 6) is -0.241. The second kappa shape index (κ2) is 8.46. The number of ether oxygens (including phenoxy) is 1. The Kier molecular flexibility index (Phi) is 7.26. The van der Waals surface area contributed by atoms with Crippen LogP contribution in [0, 0.1) is 5.82 Å². The first-order valence-corrected chi connectivity index (χ1v) is 7.31. The van der Waals surface area contributed by atoms with Crippen LogP contribution in [0.2, 0.25) is 0 Å². The third kappa shape index (κ3) is 5.55. The van der Waals surface area contributed by atoms with E-state index in [1.165, 1.54) is 12.1 Å². The number of amides is 1. The largest absolute Gasteiger partial charge is 0.378 e. The van der Waals surface area contributed by atoms with Crippen LogP contribution >= 0.6 is 12.4 Å². The van der Waals surface area contributed by atoms with Crippen LogP contribution in [-0.4, -0.2) is 38.3 Å². The maximum Gasteiger partial charge on any atom is 0.221 e. The standard InChI is InChI=1S/C16H23FN2O2.ClH/c1-16(2,12-3-5-13(17)6-4-12)11-19-15(20)9-14-10-21-8-7-18-14;/h3-6,14,18H,7-11H2,1-2H3,(H,19,20);1H. The molecule has 0 bridgehead atoms. The summed E-state index contributed by atoms with van der Waals surface area (Å²) in [7, 11) is 0. The number of halogens is 2. The van der Waals surface area contributed by atoms with Gasteiger partial charge in [0.05, 0.1) is 13.2 Å². The van der Waals surface area contributed by atoms with Gasteiger partial charge in [-0.05, 0) is 17.7 Å². The van der Waals surface area contributed by atoms with Crippen molar-refractivity contribution in [2.24, 2.45) is 0 Å². The van der Waals surface area contributed by atoms with Crippen LogP contribution in [0.25, 0.3) is 0 Å². The Hall–Kier alpha value is -1.17. The van der Waals surface area contributed by atoms with Gasteiger partial charge in [-0.3, -0.25) is 4.79 Å². The van der Waals surface area contributed by atoms with E-state index in [-0.39, 0.29) is 35.6 Å². The number of rotatable bonds is 5. The van der Waals surface area contributed by atoms with Crippen LogP contribution in [0.3, 0.4) is 0 Å². The lowest BCUT2D eigenvalue weighted by Gasteiger charge is -2.27. The Morgan fingerprint density at radius 1 is 1.41 bits per heavy atom. The summed E-state index contributed by atoms with van der Waals surface area (Å²) < 4.78 is 18.3. The topological polar surface area (TPSA) is 50.4 Å². The molecule has 1 aromatic rings. The van der Waals surface area contributed by atoms with Gasteiger partial charge in [-0.15, -0.1) is 12.4 Å². The first-order valence-electron chi connectivity index (χ1n) is 7.31. The van der Waals surface area contributed by atoms with Gasteiger partial charge in [0, 0.05) is 31.0 Å². The summed E-state index contributed by atoms with van der Waals surface area (Å²) in [6.07, 6.45) is 0.416. The maximum absolute atomic E-state index is 13.0. The van der Waals surface area contributed by atoms with Crippen LogP contribution in [-0.2, 0) is 14.9 Å². The highest BCUT2D eigenvalue weighted by Crippen LogP contribution is 2.22. The molecule has 0 saturated carbocycles. The molecule has 0 radical (unpaired) electrons. The van der Waals surface area contributed by atoms with Gasteiger partial charge in [0.25, 0.3) is 0 Å². The van der Waals surface area contributed by atoms with Crippen molar-refractivity contribution in [1.29, 1.82) is 0 Å². The molecule has 4 nitrogen and oxygen atoms in total. The minimum Gasteiger partial charge on any atom is -0.378 e. The van der Waals surface area contributed by atoms with E-state index in [2.05, 4.69) is 10.6 Å². The SMILES string of the molecule is CC(C)(CNC(=O)CC1COCCN1)c1ccc(F)cc1.Cl. The van der Waals surface area contributed by atoms with Crippen LogP contribution in [0.1, 0.15) is 25.8 Å². The van der Waals surface area contributed by atoms with Gasteiger partial charge in [-0.2, -0.15) is 0 Å². The number of hydrogen-bond donors (Lipinski definition) is 2. The van der Waals surface area contributed by atoms with E-state index in [0.29, 0.717) is 26.2 Å². The van der Waals surface area contributed by atoms with Crippen LogP contribution in [0.5, 0.6) is 0 Å². The highest BCUT2D eigenvalue weighted by atomic mass is 35.5. The van der Waals surface area contributed by atoms with Crippen molar-refractivity contribution in [3.63, 3.8) is 0 Å². The van der Waals surface area contributed by atoms with Gasteiger partial charge < -0.3 is 15.4 Å². The van der Waals surface area contributed by atoms with Crippen LogP contribution in [0.15, 0.2) is 24.3 Å². The molecule has 1 aromatic carbocycles. The monoisotopic (exact) mass is 330 g/mol. The molecule has 124 valence electrons. The summed E-state index contributed by atoms with van der Waals surface area (Å²) in [5.41, 5.74) is 0.767. The number of carbonyl (C=O) groups excluding carboxylic acids is 1. The van der Waals surface area contributed by atoms with E-state index in [0.717, 1.165) is 12.1 Å². The van der Waals surface area contributed by atoms with Gasteiger partial charge in [-0.25, -0.2) is 4.39 Å². The lowest BCUT2D eigenvalue weighted by atomic mass is 9.84. The van der Waals surface area contributed by atoms with Gasteiger partial charge >= 0.3 is 0 Å². The van der Waals surface area contributed by atoms with Crippen LogP contribution in [0.4, 0.5) is 4.39 Å². The Morgan fingerprint density at radius 2 is 2.09 bits per heavy atom. The quantitative estimate of drug-likeness (QED) is 0.868. The van der Waals surface area contributed by atoms with Crippen molar-refractivity contribution in [2.45, 2.75) is 31.7 Å². The predicted octanol–water partition coefficient (Wildman–Crippen LogP) is 2.02. The Bertz CT molecular complexity index is 474. The van der Waals surface area contributed by atoms with E-state index in [9.17, 15) is 9.18 Å². The van der Waals surface area contributed by atoms with Gasteiger partial charge in [0.2, 0.25) is 5.91 Å². The van der Waals surface area contributed by atoms with E-state index < -0.39 is 0 Å². The molecule has 1 atom stereocenters. The van der Waals surface area contributed by atoms with Crippen molar-refractivity contribution in [3.8, 4) is 0 Å². The number of hydrogen-bond acceptors (Lipinski definition) is 3. The molecular weight excluding hydrogens is 307 g/mol. The lowest BCUT2D eigenvalue weighted by Crippen LogP contribution is -2.45. The molecule has 22 heavy (non-hydrogen) atoms. The summed E-state index contributed by atoms with van der Waals surface area (Å²) in [4.78, 5) is 12.0. The second-order valence-electron chi connectivity index (χ2n) is 6.10. The molecule has 2 rings (SSSR count). The molecule has 1 heterocycles. The fourth-order valence-corrected chi connectivity index (χ4v) is 2.37. The Morgan fingerprint density at radius 3 is 2.68 bits per heavy atom. The third-order valence-corrected chi connectivity index (χ3v) is 3.78. The van der Waals surface area contributed by atoms with Crippen molar-refractivity contribution < 1.29 is 13.9 Å². The van der Waals surface area contributed by atoms with Gasteiger partial charge in [-0.1, -0.05) is 26.0 Å². The van der Waals surface area contributed by atoms with Gasteiger partial charge in [0.1, 0.15) is 5.82 Å². The molecule has 1 fully saturated rings. The average Bonchev–Trinajstić information content (AvgIpc) is 2.47. The average molecular weight is 331 g/mol. The molecule has 2 N–H and O–H groups in total. The third-order valence-electron chi connectivity index (χ3n) is 3.78. The Balaban J connectivity index is 0.00000242. The predicted molar refractivity (Wildman–Crippen MR) is 86.9 cm³/mol. The zero-order chi connectivity index (χ0) is 15.3. The highest BCUT2D eigenvalue weighted by Gasteiger charge is 2.23. The van der Waals surface area contributed by atoms with E-state index in [1.807, 2.05) is 13.8 Å². The molecule has 0 spiro atoms. The first kappa shape index (κ1) is 18.9. The van der Waals surface area contributed by atoms with E-state index in [1.54, 1.807) is 12.1 Å². The molecule has 1 unspecified atom stereocenters. The summed E-state index contributed by atoms with van der Waals surface area (Å²) in [5, 5.41) is 6.21. The molecule has 6 heteroatoms. The summed E-state index contributed by atoms with van der Waals surface area (Å²) >= 11 is 0. The van der Waals surface area contributed by atoms with Crippen molar-refractivity contribution >= 4 is 18.3 Å². The Labute approximate surface area is 137 Å². The van der Waals surface area contributed by atoms with Crippen LogP contribution < -0.4 is 10.6 Å². The number of morpholine rings is 1. The number of carbonyl (C=O) groups is 1. The summed E-state index contributed by atoms with van der Waals surface area (Å²) in [6, 6.07) is 6.51. The first-order chi connectivity index (χ1) is 9.97. The molecule has 1 amide bonds. The molecule has 0 aliphatic carbocycles. The van der Waals surface area contributed by atoms with Crippen molar-refractivity contribution in [3.05, 3.63) is 35.6 Å². The summed E-state index contributed by atoms with van der Waals surface area (Å²) in [6.45, 7) is 6.65. The smallest absolute Gasteiger partial charge is 0.221 e. The van der Waals surface area contributed by atoms with Crippen molar-refractivity contribution in [2.75, 3.05) is 26.3 Å². The minimum atomic E-state index is -0.248. The normalized spacial score (nSPS) is 18.4. The molecule has 1 aliphatic rings. The highest BCUT2D eigenvalue weighted by molar-refractivity contribution is 5.85. The number of benzene rings is 1. The zero-order valence-electron chi connectivity index (χ0n) is 13.0.